The zero-order chi connectivity index (χ0) is 15.5. The SMILES string of the molecule is Cc1cnc(C)c(NCCc2ccc(S(N)(=O)=O)cc2)n1. The Balaban J connectivity index is 1.96. The van der Waals surface area contributed by atoms with Crippen LogP contribution >= 0.6 is 0 Å². The van der Waals surface area contributed by atoms with E-state index in [-0.39, 0.29) is 4.90 Å². The number of aromatic nitrogens is 2. The number of nitrogens with two attached hydrogens (primary N) is 1. The van der Waals surface area contributed by atoms with Crippen LogP contribution in [-0.2, 0) is 16.4 Å². The van der Waals surface area contributed by atoms with Crippen LogP contribution in [0.15, 0.2) is 35.4 Å². The second kappa shape index (κ2) is 6.19. The molecule has 1 aromatic heterocycles. The molecule has 0 aliphatic rings. The van der Waals surface area contributed by atoms with E-state index in [1.54, 1.807) is 18.3 Å². The van der Waals surface area contributed by atoms with Crippen molar-refractivity contribution in [1.29, 1.82) is 0 Å². The summed E-state index contributed by atoms with van der Waals surface area (Å²) in [5.74, 6) is 0.774. The number of nitrogens with one attached hydrogen (secondary N) is 1. The van der Waals surface area contributed by atoms with Crippen molar-refractivity contribution in [2.45, 2.75) is 25.2 Å². The number of rotatable bonds is 5. The Labute approximate surface area is 124 Å². The Hall–Kier alpha value is -1.99. The van der Waals surface area contributed by atoms with E-state index >= 15 is 0 Å². The first-order chi connectivity index (χ1) is 9.86. The molecule has 1 aromatic carbocycles. The van der Waals surface area contributed by atoms with Gasteiger partial charge in [-0.3, -0.25) is 4.98 Å². The van der Waals surface area contributed by atoms with Gasteiger partial charge < -0.3 is 5.32 Å². The number of nitrogens with zero attached hydrogens (tertiary/aromatic N) is 2. The van der Waals surface area contributed by atoms with E-state index in [0.717, 1.165) is 29.2 Å². The third-order valence-electron chi connectivity index (χ3n) is 3.03. The van der Waals surface area contributed by atoms with Gasteiger partial charge in [-0.15, -0.1) is 0 Å². The van der Waals surface area contributed by atoms with E-state index in [2.05, 4.69) is 15.3 Å². The molecule has 0 spiro atoms. The molecule has 21 heavy (non-hydrogen) atoms. The minimum atomic E-state index is -3.63. The van der Waals surface area contributed by atoms with Crippen molar-refractivity contribution in [1.82, 2.24) is 9.97 Å². The molecule has 0 saturated heterocycles. The van der Waals surface area contributed by atoms with Gasteiger partial charge in [0.25, 0.3) is 0 Å². The van der Waals surface area contributed by atoms with E-state index in [1.807, 2.05) is 13.8 Å². The second-order valence-electron chi connectivity index (χ2n) is 4.81. The standard InChI is InChI=1S/C14H18N4O2S/c1-10-9-17-11(2)14(18-10)16-8-7-12-3-5-13(6-4-12)21(15,19)20/h3-6,9H,7-8H2,1-2H3,(H,16,18)(H2,15,19,20). The fourth-order valence-electron chi connectivity index (χ4n) is 1.88. The molecule has 6 nitrogen and oxygen atoms in total. The lowest BCUT2D eigenvalue weighted by molar-refractivity contribution is 0.598. The Kier molecular flexibility index (Phi) is 4.54. The summed E-state index contributed by atoms with van der Waals surface area (Å²) >= 11 is 0. The van der Waals surface area contributed by atoms with Crippen LogP contribution in [-0.4, -0.2) is 24.9 Å². The highest BCUT2D eigenvalue weighted by Gasteiger charge is 2.06. The van der Waals surface area contributed by atoms with Crippen LogP contribution in [0.25, 0.3) is 0 Å². The Bertz CT molecular complexity index is 727. The number of anilines is 1. The predicted octanol–water partition coefficient (Wildman–Crippen LogP) is 1.40. The van der Waals surface area contributed by atoms with Gasteiger partial charge >= 0.3 is 0 Å². The number of benzene rings is 1. The molecule has 3 N–H and O–H groups in total. The monoisotopic (exact) mass is 306 g/mol. The molecule has 0 amide bonds. The number of aryl methyl sites for hydroxylation is 2. The van der Waals surface area contributed by atoms with Crippen molar-refractivity contribution in [3.8, 4) is 0 Å². The van der Waals surface area contributed by atoms with E-state index in [4.69, 9.17) is 5.14 Å². The molecule has 0 bridgehead atoms. The molecule has 2 rings (SSSR count). The first kappa shape index (κ1) is 15.4. The summed E-state index contributed by atoms with van der Waals surface area (Å²) in [6.45, 7) is 4.48. The van der Waals surface area contributed by atoms with Gasteiger partial charge in [0, 0.05) is 12.7 Å². The summed E-state index contributed by atoms with van der Waals surface area (Å²) < 4.78 is 22.3. The van der Waals surface area contributed by atoms with Crippen LogP contribution < -0.4 is 10.5 Å². The molecule has 0 aliphatic heterocycles. The first-order valence-electron chi connectivity index (χ1n) is 6.52. The highest BCUT2D eigenvalue weighted by Crippen LogP contribution is 2.11. The average Bonchev–Trinajstić information content (AvgIpc) is 2.42. The summed E-state index contributed by atoms with van der Waals surface area (Å²) in [5, 5.41) is 8.29. The molecule has 0 radical (unpaired) electrons. The van der Waals surface area contributed by atoms with Crippen LogP contribution in [0.5, 0.6) is 0 Å². The molecule has 1 heterocycles. The van der Waals surface area contributed by atoms with Crippen LogP contribution in [0.2, 0.25) is 0 Å². The molecule has 0 unspecified atom stereocenters. The average molecular weight is 306 g/mol. The summed E-state index contributed by atoms with van der Waals surface area (Å²) in [5.41, 5.74) is 2.74. The van der Waals surface area contributed by atoms with Gasteiger partial charge in [-0.2, -0.15) is 0 Å². The van der Waals surface area contributed by atoms with Crippen molar-refractivity contribution < 1.29 is 8.42 Å². The molecule has 112 valence electrons. The third-order valence-corrected chi connectivity index (χ3v) is 3.96. The molecular formula is C14H18N4O2S. The summed E-state index contributed by atoms with van der Waals surface area (Å²) in [7, 11) is -3.63. The van der Waals surface area contributed by atoms with Crippen molar-refractivity contribution in [3.63, 3.8) is 0 Å². The fourth-order valence-corrected chi connectivity index (χ4v) is 2.39. The Morgan fingerprint density at radius 1 is 1.19 bits per heavy atom. The minimum absolute atomic E-state index is 0.125. The molecule has 0 aliphatic carbocycles. The Morgan fingerprint density at radius 3 is 2.48 bits per heavy atom. The van der Waals surface area contributed by atoms with E-state index in [0.29, 0.717) is 6.54 Å². The van der Waals surface area contributed by atoms with Crippen molar-refractivity contribution in [3.05, 3.63) is 47.4 Å². The zero-order valence-corrected chi connectivity index (χ0v) is 12.8. The normalized spacial score (nSPS) is 11.4. The molecule has 0 saturated carbocycles. The minimum Gasteiger partial charge on any atom is -0.368 e. The highest BCUT2D eigenvalue weighted by molar-refractivity contribution is 7.89. The number of hydrogen-bond acceptors (Lipinski definition) is 5. The van der Waals surface area contributed by atoms with Crippen molar-refractivity contribution >= 4 is 15.8 Å². The van der Waals surface area contributed by atoms with E-state index < -0.39 is 10.0 Å². The lowest BCUT2D eigenvalue weighted by Crippen LogP contribution is -2.12. The largest absolute Gasteiger partial charge is 0.368 e. The predicted molar refractivity (Wildman–Crippen MR) is 81.5 cm³/mol. The maximum atomic E-state index is 11.2. The summed E-state index contributed by atoms with van der Waals surface area (Å²) in [4.78, 5) is 8.74. The third kappa shape index (κ3) is 4.24. The quantitative estimate of drug-likeness (QED) is 0.870. The summed E-state index contributed by atoms with van der Waals surface area (Å²) in [6, 6.07) is 6.55. The van der Waals surface area contributed by atoms with Gasteiger partial charge in [0.05, 0.1) is 16.3 Å². The topological polar surface area (TPSA) is 98.0 Å². The second-order valence-corrected chi connectivity index (χ2v) is 6.37. The maximum absolute atomic E-state index is 11.2. The lowest BCUT2D eigenvalue weighted by atomic mass is 10.1. The van der Waals surface area contributed by atoms with Crippen LogP contribution in [0.1, 0.15) is 17.0 Å². The highest BCUT2D eigenvalue weighted by atomic mass is 32.2. The van der Waals surface area contributed by atoms with Gasteiger partial charge in [-0.25, -0.2) is 18.5 Å². The van der Waals surface area contributed by atoms with Crippen molar-refractivity contribution in [2.24, 2.45) is 5.14 Å². The number of sulfonamides is 1. The van der Waals surface area contributed by atoms with Crippen LogP contribution in [0.3, 0.4) is 0 Å². The zero-order valence-electron chi connectivity index (χ0n) is 12.0. The van der Waals surface area contributed by atoms with E-state index in [1.165, 1.54) is 12.1 Å². The summed E-state index contributed by atoms with van der Waals surface area (Å²) in [6.07, 6.45) is 2.48. The maximum Gasteiger partial charge on any atom is 0.238 e. The van der Waals surface area contributed by atoms with E-state index in [9.17, 15) is 8.42 Å². The molecule has 7 heteroatoms. The van der Waals surface area contributed by atoms with Crippen LogP contribution in [0.4, 0.5) is 5.82 Å². The number of primary sulfonamides is 1. The molecule has 0 fully saturated rings. The van der Waals surface area contributed by atoms with Gasteiger partial charge in [0.15, 0.2) is 0 Å². The fraction of sp³-hybridized carbons (Fsp3) is 0.286. The van der Waals surface area contributed by atoms with Gasteiger partial charge in [-0.05, 0) is 38.0 Å². The molecule has 0 atom stereocenters. The van der Waals surface area contributed by atoms with Gasteiger partial charge in [0.2, 0.25) is 10.0 Å². The smallest absolute Gasteiger partial charge is 0.238 e. The van der Waals surface area contributed by atoms with Crippen LogP contribution in [0, 0.1) is 13.8 Å². The Morgan fingerprint density at radius 2 is 1.86 bits per heavy atom. The van der Waals surface area contributed by atoms with Crippen molar-refractivity contribution in [2.75, 3.05) is 11.9 Å². The molecular weight excluding hydrogens is 288 g/mol. The molecule has 2 aromatic rings. The number of hydrogen-bond donors (Lipinski definition) is 2. The van der Waals surface area contributed by atoms with Gasteiger partial charge in [-0.1, -0.05) is 12.1 Å². The van der Waals surface area contributed by atoms with Gasteiger partial charge in [0.1, 0.15) is 5.82 Å². The first-order valence-corrected chi connectivity index (χ1v) is 8.07. The lowest BCUT2D eigenvalue weighted by Gasteiger charge is -2.09.